The van der Waals surface area contributed by atoms with Gasteiger partial charge in [0.05, 0.1) is 5.75 Å². The number of amides is 1. The molecule has 0 aliphatic carbocycles. The maximum atomic E-state index is 12.4. The number of anilines is 1. The third-order valence-corrected chi connectivity index (χ3v) is 6.26. The van der Waals surface area contributed by atoms with Crippen molar-refractivity contribution in [3.05, 3.63) is 11.2 Å². The summed E-state index contributed by atoms with van der Waals surface area (Å²) in [6.45, 7) is 8.28. The van der Waals surface area contributed by atoms with Gasteiger partial charge in [0.1, 0.15) is 11.0 Å². The highest BCUT2D eigenvalue weighted by Gasteiger charge is 2.22. The van der Waals surface area contributed by atoms with Gasteiger partial charge >= 0.3 is 0 Å². The van der Waals surface area contributed by atoms with E-state index in [1.807, 2.05) is 11.0 Å². The van der Waals surface area contributed by atoms with Gasteiger partial charge in [0, 0.05) is 32.2 Å². The topological polar surface area (TPSA) is 49.3 Å². The van der Waals surface area contributed by atoms with Crippen molar-refractivity contribution in [2.24, 2.45) is 11.8 Å². The summed E-state index contributed by atoms with van der Waals surface area (Å²) >= 11 is 7.58. The second-order valence-corrected chi connectivity index (χ2v) is 8.68. The van der Waals surface area contributed by atoms with E-state index < -0.39 is 0 Å². The fourth-order valence-corrected chi connectivity index (χ4v) is 4.31. The molecule has 3 rings (SSSR count). The van der Waals surface area contributed by atoms with E-state index in [1.54, 1.807) is 0 Å². The number of carbonyl (C=O) groups is 1. The normalized spacial score (nSPS) is 20.1. The van der Waals surface area contributed by atoms with Crippen molar-refractivity contribution in [2.45, 2.75) is 44.7 Å². The van der Waals surface area contributed by atoms with Crippen LogP contribution >= 0.6 is 23.4 Å². The third-order valence-electron chi connectivity index (χ3n) is 5.23. The van der Waals surface area contributed by atoms with Crippen LogP contribution < -0.4 is 4.90 Å². The molecule has 1 aromatic heterocycles. The van der Waals surface area contributed by atoms with Crippen LogP contribution in [0.2, 0.25) is 5.15 Å². The minimum Gasteiger partial charge on any atom is -0.356 e. The van der Waals surface area contributed by atoms with Crippen molar-refractivity contribution in [3.8, 4) is 0 Å². The maximum Gasteiger partial charge on any atom is 0.233 e. The number of carbonyl (C=O) groups excluding carboxylic acids is 1. The lowest BCUT2D eigenvalue weighted by Crippen LogP contribution is -2.38. The largest absolute Gasteiger partial charge is 0.356 e. The zero-order chi connectivity index (χ0) is 17.8. The average molecular weight is 383 g/mol. The van der Waals surface area contributed by atoms with Gasteiger partial charge in [-0.25, -0.2) is 9.97 Å². The SMILES string of the molecule is CC1CCN(C(=O)CSc2nc(Cl)cc(N3CCC(C)CC3)n2)CC1. The van der Waals surface area contributed by atoms with Crippen LogP contribution in [0.1, 0.15) is 39.5 Å². The molecule has 1 aromatic rings. The van der Waals surface area contributed by atoms with Crippen LogP contribution in [0, 0.1) is 11.8 Å². The van der Waals surface area contributed by atoms with Crippen molar-refractivity contribution in [3.63, 3.8) is 0 Å². The summed E-state index contributed by atoms with van der Waals surface area (Å²) in [5.41, 5.74) is 0. The van der Waals surface area contributed by atoms with E-state index in [4.69, 9.17) is 11.6 Å². The quantitative estimate of drug-likeness (QED) is 0.451. The van der Waals surface area contributed by atoms with Gasteiger partial charge in [0.15, 0.2) is 5.16 Å². The van der Waals surface area contributed by atoms with Crippen molar-refractivity contribution >= 4 is 35.1 Å². The van der Waals surface area contributed by atoms with Crippen LogP contribution in [0.5, 0.6) is 0 Å². The number of aromatic nitrogens is 2. The second kappa shape index (κ2) is 8.58. The van der Waals surface area contributed by atoms with E-state index in [-0.39, 0.29) is 5.91 Å². The van der Waals surface area contributed by atoms with Crippen LogP contribution in [0.3, 0.4) is 0 Å². The number of hydrogen-bond donors (Lipinski definition) is 0. The van der Waals surface area contributed by atoms with Gasteiger partial charge in [-0.05, 0) is 37.5 Å². The molecular weight excluding hydrogens is 356 g/mol. The Morgan fingerprint density at radius 3 is 2.36 bits per heavy atom. The molecule has 0 radical (unpaired) electrons. The number of hydrogen-bond acceptors (Lipinski definition) is 5. The first-order valence-corrected chi connectivity index (χ1v) is 10.6. The molecule has 5 nitrogen and oxygen atoms in total. The van der Waals surface area contributed by atoms with Crippen LogP contribution in [0.4, 0.5) is 5.82 Å². The molecule has 7 heteroatoms. The number of halogens is 1. The Hall–Kier alpha value is -1.01. The number of likely N-dealkylation sites (tertiary alicyclic amines) is 1. The van der Waals surface area contributed by atoms with Gasteiger partial charge in [0.2, 0.25) is 5.91 Å². The second-order valence-electron chi connectivity index (χ2n) is 7.35. The number of nitrogens with zero attached hydrogens (tertiary/aromatic N) is 4. The highest BCUT2D eigenvalue weighted by atomic mass is 35.5. The van der Waals surface area contributed by atoms with Gasteiger partial charge in [-0.1, -0.05) is 37.2 Å². The molecule has 1 amide bonds. The zero-order valence-electron chi connectivity index (χ0n) is 15.1. The average Bonchev–Trinajstić information content (AvgIpc) is 2.60. The van der Waals surface area contributed by atoms with E-state index >= 15 is 0 Å². The Bertz CT molecular complexity index is 599. The summed E-state index contributed by atoms with van der Waals surface area (Å²) in [4.78, 5) is 25.6. The van der Waals surface area contributed by atoms with E-state index in [0.29, 0.717) is 16.1 Å². The first-order chi connectivity index (χ1) is 12.0. The van der Waals surface area contributed by atoms with E-state index in [0.717, 1.165) is 56.7 Å². The fourth-order valence-electron chi connectivity index (χ4n) is 3.33. The molecule has 0 bridgehead atoms. The van der Waals surface area contributed by atoms with Crippen LogP contribution in [0.25, 0.3) is 0 Å². The first kappa shape index (κ1) is 18.8. The Balaban J connectivity index is 1.58. The molecule has 2 aliphatic rings. The van der Waals surface area contributed by atoms with Crippen LogP contribution in [-0.4, -0.2) is 52.7 Å². The van der Waals surface area contributed by atoms with Gasteiger partial charge in [-0.2, -0.15) is 0 Å². The Kier molecular flexibility index (Phi) is 6.44. The Morgan fingerprint density at radius 1 is 1.12 bits per heavy atom. The smallest absolute Gasteiger partial charge is 0.233 e. The maximum absolute atomic E-state index is 12.4. The fraction of sp³-hybridized carbons (Fsp3) is 0.722. The van der Waals surface area contributed by atoms with E-state index in [1.165, 1.54) is 24.6 Å². The van der Waals surface area contributed by atoms with Crippen LogP contribution in [0.15, 0.2) is 11.2 Å². The standard InChI is InChI=1S/C18H27ClN4OS/c1-13-3-7-22(8-4-13)16-11-15(19)20-18(21-16)25-12-17(24)23-9-5-14(2)6-10-23/h11,13-14H,3-10,12H2,1-2H3. The Labute approximate surface area is 159 Å². The minimum atomic E-state index is 0.175. The number of rotatable bonds is 4. The highest BCUT2D eigenvalue weighted by molar-refractivity contribution is 7.99. The summed E-state index contributed by atoms with van der Waals surface area (Å²) in [5.74, 6) is 2.93. The molecule has 25 heavy (non-hydrogen) atoms. The zero-order valence-corrected chi connectivity index (χ0v) is 16.7. The molecule has 3 heterocycles. The lowest BCUT2D eigenvalue weighted by molar-refractivity contribution is -0.129. The van der Waals surface area contributed by atoms with Gasteiger partial charge in [-0.15, -0.1) is 0 Å². The Morgan fingerprint density at radius 2 is 1.72 bits per heavy atom. The number of piperidine rings is 2. The molecule has 2 saturated heterocycles. The molecule has 2 fully saturated rings. The van der Waals surface area contributed by atoms with E-state index in [2.05, 4.69) is 28.7 Å². The van der Waals surface area contributed by atoms with E-state index in [9.17, 15) is 4.79 Å². The lowest BCUT2D eigenvalue weighted by Gasteiger charge is -2.31. The predicted molar refractivity (Wildman–Crippen MR) is 103 cm³/mol. The summed E-state index contributed by atoms with van der Waals surface area (Å²) in [7, 11) is 0. The summed E-state index contributed by atoms with van der Waals surface area (Å²) < 4.78 is 0. The molecule has 138 valence electrons. The molecule has 0 atom stereocenters. The molecule has 0 N–H and O–H groups in total. The minimum absolute atomic E-state index is 0.175. The third kappa shape index (κ3) is 5.23. The molecule has 2 aliphatic heterocycles. The molecule has 0 aromatic carbocycles. The van der Waals surface area contributed by atoms with Crippen molar-refractivity contribution in [1.29, 1.82) is 0 Å². The highest BCUT2D eigenvalue weighted by Crippen LogP contribution is 2.26. The van der Waals surface area contributed by atoms with Crippen molar-refractivity contribution in [1.82, 2.24) is 14.9 Å². The molecule has 0 spiro atoms. The van der Waals surface area contributed by atoms with Gasteiger partial charge in [-0.3, -0.25) is 4.79 Å². The van der Waals surface area contributed by atoms with Crippen LogP contribution in [-0.2, 0) is 4.79 Å². The van der Waals surface area contributed by atoms with Crippen molar-refractivity contribution < 1.29 is 4.79 Å². The monoisotopic (exact) mass is 382 g/mol. The first-order valence-electron chi connectivity index (χ1n) is 9.21. The summed E-state index contributed by atoms with van der Waals surface area (Å²) in [6.07, 6.45) is 4.55. The lowest BCUT2D eigenvalue weighted by atomic mass is 9.99. The van der Waals surface area contributed by atoms with Gasteiger partial charge < -0.3 is 9.80 Å². The van der Waals surface area contributed by atoms with Gasteiger partial charge in [0.25, 0.3) is 0 Å². The summed E-state index contributed by atoms with van der Waals surface area (Å²) in [5, 5.41) is 1.05. The number of thioether (sulfide) groups is 1. The predicted octanol–water partition coefficient (Wildman–Crippen LogP) is 3.72. The molecule has 0 unspecified atom stereocenters. The molecular formula is C18H27ClN4OS. The van der Waals surface area contributed by atoms with Crippen molar-refractivity contribution in [2.75, 3.05) is 36.8 Å². The summed E-state index contributed by atoms with van der Waals surface area (Å²) in [6, 6.07) is 1.83. The molecule has 0 saturated carbocycles.